The van der Waals surface area contributed by atoms with E-state index in [-0.39, 0.29) is 6.42 Å². The van der Waals surface area contributed by atoms with Crippen molar-refractivity contribution in [3.05, 3.63) is 0 Å². The van der Waals surface area contributed by atoms with Crippen molar-refractivity contribution in [2.24, 2.45) is 5.73 Å². The van der Waals surface area contributed by atoms with E-state index in [0.29, 0.717) is 25.8 Å². The lowest BCUT2D eigenvalue weighted by Gasteiger charge is -2.47. The van der Waals surface area contributed by atoms with Crippen LogP contribution in [-0.2, 0) is 14.4 Å². The van der Waals surface area contributed by atoms with Crippen LogP contribution in [0.15, 0.2) is 0 Å². The summed E-state index contributed by atoms with van der Waals surface area (Å²) in [5, 5.41) is 19.6. The molecule has 124 valence electrons. The molecule has 1 heterocycles. The van der Waals surface area contributed by atoms with Crippen LogP contribution in [0.25, 0.3) is 0 Å². The third-order valence-electron chi connectivity index (χ3n) is 5.15. The molecule has 0 aromatic carbocycles. The van der Waals surface area contributed by atoms with Crippen molar-refractivity contribution in [2.45, 2.75) is 69.0 Å². The maximum Gasteiger partial charge on any atom is 0.332 e. The lowest BCUT2D eigenvalue weighted by molar-refractivity contribution is -0.171. The van der Waals surface area contributed by atoms with E-state index in [4.69, 9.17) is 5.73 Å². The summed E-state index contributed by atoms with van der Waals surface area (Å²) in [6.45, 7) is 1.76. The minimum atomic E-state index is -1.80. The van der Waals surface area contributed by atoms with Gasteiger partial charge in [-0.1, -0.05) is 19.3 Å². The summed E-state index contributed by atoms with van der Waals surface area (Å²) in [6.07, 6.45) is 3.75. The van der Waals surface area contributed by atoms with E-state index in [2.05, 4.69) is 0 Å². The number of carboxylic acid groups (broad SMARTS) is 2. The Kier molecular flexibility index (Phi) is 4.58. The number of likely N-dealkylation sites (tertiary alicyclic amines) is 1. The molecule has 0 radical (unpaired) electrons. The molecule has 22 heavy (non-hydrogen) atoms. The lowest BCUT2D eigenvalue weighted by atomic mass is 9.76. The smallest absolute Gasteiger partial charge is 0.332 e. The summed E-state index contributed by atoms with van der Waals surface area (Å²) in [5.41, 5.74) is 2.59. The number of carboxylic acids is 2. The van der Waals surface area contributed by atoms with Crippen LogP contribution in [0.3, 0.4) is 0 Å². The molecule has 0 aromatic heterocycles. The number of carbonyl (C=O) groups is 3. The van der Waals surface area contributed by atoms with E-state index in [1.807, 2.05) is 0 Å². The first-order chi connectivity index (χ1) is 10.3. The molecule has 1 saturated carbocycles. The normalized spacial score (nSPS) is 29.9. The monoisotopic (exact) mass is 312 g/mol. The molecule has 7 nitrogen and oxygen atoms in total. The second kappa shape index (κ2) is 5.96. The fourth-order valence-electron chi connectivity index (χ4n) is 4.09. The Labute approximate surface area is 129 Å². The third kappa shape index (κ3) is 2.32. The van der Waals surface area contributed by atoms with Crippen LogP contribution in [-0.4, -0.2) is 56.5 Å². The summed E-state index contributed by atoms with van der Waals surface area (Å²) in [6, 6.07) is -0.939. The van der Waals surface area contributed by atoms with Gasteiger partial charge >= 0.3 is 11.9 Å². The summed E-state index contributed by atoms with van der Waals surface area (Å²) >= 11 is 0. The second-order valence-electron chi connectivity index (χ2n) is 6.47. The van der Waals surface area contributed by atoms with Crippen LogP contribution in [0, 0.1) is 0 Å². The zero-order valence-corrected chi connectivity index (χ0v) is 12.9. The topological polar surface area (TPSA) is 121 Å². The number of nitrogens with two attached hydrogens (primary N) is 1. The maximum absolute atomic E-state index is 12.6. The van der Waals surface area contributed by atoms with E-state index >= 15 is 0 Å². The summed E-state index contributed by atoms with van der Waals surface area (Å²) < 4.78 is 0. The summed E-state index contributed by atoms with van der Waals surface area (Å²) in [5.74, 6) is -2.90. The summed E-state index contributed by atoms with van der Waals surface area (Å²) in [7, 11) is 0. The van der Waals surface area contributed by atoms with Gasteiger partial charge in [-0.25, -0.2) is 4.79 Å². The molecule has 0 amide bonds. The number of aliphatic carboxylic acids is 2. The van der Waals surface area contributed by atoms with Gasteiger partial charge in [0.15, 0.2) is 11.3 Å². The molecule has 2 aliphatic rings. The fraction of sp³-hybridized carbons (Fsp3) is 0.800. The minimum Gasteiger partial charge on any atom is -0.480 e. The van der Waals surface area contributed by atoms with E-state index < -0.39 is 34.8 Å². The highest BCUT2D eigenvalue weighted by molar-refractivity contribution is 6.10. The van der Waals surface area contributed by atoms with E-state index in [0.717, 1.165) is 19.3 Å². The van der Waals surface area contributed by atoms with E-state index in [1.54, 1.807) is 0 Å². The van der Waals surface area contributed by atoms with Gasteiger partial charge in [0.25, 0.3) is 0 Å². The molecule has 0 aromatic rings. The number of Topliss-reactive ketones (excluding diaryl/α,β-unsaturated/α-hetero) is 1. The van der Waals surface area contributed by atoms with Crippen molar-refractivity contribution in [3.63, 3.8) is 0 Å². The zero-order valence-electron chi connectivity index (χ0n) is 12.9. The molecular formula is C15H24N2O5. The first-order valence-corrected chi connectivity index (χ1v) is 7.83. The number of ketones is 1. The van der Waals surface area contributed by atoms with Crippen molar-refractivity contribution < 1.29 is 24.6 Å². The van der Waals surface area contributed by atoms with Gasteiger partial charge < -0.3 is 15.9 Å². The van der Waals surface area contributed by atoms with Crippen LogP contribution in [0.1, 0.15) is 51.9 Å². The Hall–Kier alpha value is -1.47. The van der Waals surface area contributed by atoms with Crippen LogP contribution >= 0.6 is 0 Å². The number of rotatable bonds is 5. The first kappa shape index (κ1) is 16.9. The highest BCUT2D eigenvalue weighted by Gasteiger charge is 2.62. The van der Waals surface area contributed by atoms with Crippen molar-refractivity contribution in [2.75, 3.05) is 6.54 Å². The molecule has 2 unspecified atom stereocenters. The second-order valence-corrected chi connectivity index (χ2v) is 6.47. The highest BCUT2D eigenvalue weighted by atomic mass is 16.4. The van der Waals surface area contributed by atoms with Crippen molar-refractivity contribution in [1.82, 2.24) is 4.90 Å². The molecule has 2 rings (SSSR count). The van der Waals surface area contributed by atoms with Crippen LogP contribution in [0.2, 0.25) is 0 Å². The molecule has 2 atom stereocenters. The van der Waals surface area contributed by atoms with Gasteiger partial charge in [0.2, 0.25) is 0 Å². The van der Waals surface area contributed by atoms with Crippen LogP contribution < -0.4 is 5.73 Å². The molecule has 1 aliphatic carbocycles. The predicted molar refractivity (Wildman–Crippen MR) is 78.4 cm³/mol. The van der Waals surface area contributed by atoms with E-state index in [1.165, 1.54) is 11.8 Å². The molecule has 0 bridgehead atoms. The third-order valence-corrected chi connectivity index (χ3v) is 5.15. The van der Waals surface area contributed by atoms with Gasteiger partial charge in [-0.2, -0.15) is 0 Å². The SMILES string of the molecule is CC(N)C(=O)C1(C(=O)O)CCCN1C1(C(=O)O)CCCCC1. The van der Waals surface area contributed by atoms with Crippen molar-refractivity contribution >= 4 is 17.7 Å². The van der Waals surface area contributed by atoms with Gasteiger partial charge in [-0.3, -0.25) is 14.5 Å². The Balaban J connectivity index is 2.52. The number of hydrogen-bond acceptors (Lipinski definition) is 5. The van der Waals surface area contributed by atoms with Crippen LogP contribution in [0.4, 0.5) is 0 Å². The Morgan fingerprint density at radius 2 is 1.59 bits per heavy atom. The van der Waals surface area contributed by atoms with Gasteiger partial charge in [0, 0.05) is 6.54 Å². The largest absolute Gasteiger partial charge is 0.480 e. The standard InChI is InChI=1S/C15H24N2O5/c1-10(16)11(18)15(13(21)22)8-5-9-17(15)14(12(19)20)6-3-2-4-7-14/h10H,2-9,16H2,1H3,(H,19,20)(H,21,22). The Morgan fingerprint density at radius 1 is 1.00 bits per heavy atom. The van der Waals surface area contributed by atoms with Gasteiger partial charge in [-0.15, -0.1) is 0 Å². The van der Waals surface area contributed by atoms with Crippen molar-refractivity contribution in [1.29, 1.82) is 0 Å². The van der Waals surface area contributed by atoms with Crippen LogP contribution in [0.5, 0.6) is 0 Å². The molecule has 4 N–H and O–H groups in total. The predicted octanol–water partition coefficient (Wildman–Crippen LogP) is 0.609. The van der Waals surface area contributed by atoms with Gasteiger partial charge in [-0.05, 0) is 32.6 Å². The average molecular weight is 312 g/mol. The lowest BCUT2D eigenvalue weighted by Crippen LogP contribution is -2.69. The molecule has 7 heteroatoms. The minimum absolute atomic E-state index is 0.123. The van der Waals surface area contributed by atoms with Gasteiger partial charge in [0.1, 0.15) is 5.54 Å². The Bertz CT molecular complexity index is 484. The number of nitrogens with zero attached hydrogens (tertiary/aromatic N) is 1. The molecule has 1 aliphatic heterocycles. The molecular weight excluding hydrogens is 288 g/mol. The molecule has 1 saturated heterocycles. The molecule has 0 spiro atoms. The Morgan fingerprint density at radius 3 is 2.05 bits per heavy atom. The van der Waals surface area contributed by atoms with Crippen molar-refractivity contribution in [3.8, 4) is 0 Å². The van der Waals surface area contributed by atoms with E-state index in [9.17, 15) is 24.6 Å². The number of carbonyl (C=O) groups excluding carboxylic acids is 1. The highest BCUT2D eigenvalue weighted by Crippen LogP contribution is 2.44. The first-order valence-electron chi connectivity index (χ1n) is 7.83. The fourth-order valence-corrected chi connectivity index (χ4v) is 4.09. The average Bonchev–Trinajstić information content (AvgIpc) is 2.93. The molecule has 2 fully saturated rings. The van der Waals surface area contributed by atoms with Gasteiger partial charge in [0.05, 0.1) is 6.04 Å². The zero-order chi connectivity index (χ0) is 16.5. The maximum atomic E-state index is 12.6. The summed E-state index contributed by atoms with van der Waals surface area (Å²) in [4.78, 5) is 38.0. The number of hydrogen-bond donors (Lipinski definition) is 3. The quantitative estimate of drug-likeness (QED) is 0.636.